The molecular formula is C6H7N3O3. The van der Waals surface area contributed by atoms with Crippen LogP contribution < -0.4 is 0 Å². The molecule has 0 radical (unpaired) electrons. The minimum atomic E-state index is -0.510. The van der Waals surface area contributed by atoms with Gasteiger partial charge in [0.1, 0.15) is 6.10 Å². The molecular weight excluding hydrogens is 162 g/mol. The minimum Gasteiger partial charge on any atom is -0.371 e. The van der Waals surface area contributed by atoms with Crippen LogP contribution >= 0.6 is 0 Å². The highest BCUT2D eigenvalue weighted by Gasteiger charge is 2.25. The lowest BCUT2D eigenvalue weighted by molar-refractivity contribution is -0.389. The molecule has 6 heteroatoms. The number of nitrogens with zero attached hydrogens (tertiary/aromatic N) is 3. The Balaban J connectivity index is 2.06. The number of nitro groups is 1. The summed E-state index contributed by atoms with van der Waals surface area (Å²) in [4.78, 5) is 9.70. The Kier molecular flexibility index (Phi) is 1.54. The van der Waals surface area contributed by atoms with E-state index >= 15 is 0 Å². The zero-order valence-electron chi connectivity index (χ0n) is 6.21. The lowest BCUT2D eigenvalue weighted by Gasteiger charge is -1.88. The Labute approximate surface area is 67.9 Å². The molecule has 1 aromatic rings. The molecule has 1 fully saturated rings. The maximum atomic E-state index is 10.2. The standard InChI is InChI=1S/C6H7N3O3/c10-9(11)6-1-2-8(7-6)3-5-4-12-5/h1-2,5H,3-4H2. The van der Waals surface area contributed by atoms with Crippen molar-refractivity contribution in [1.82, 2.24) is 9.78 Å². The third-order valence-electron chi connectivity index (χ3n) is 1.61. The summed E-state index contributed by atoms with van der Waals surface area (Å²) >= 11 is 0. The zero-order chi connectivity index (χ0) is 8.55. The van der Waals surface area contributed by atoms with Crippen LogP contribution in [0.2, 0.25) is 0 Å². The molecule has 0 bridgehead atoms. The maximum absolute atomic E-state index is 10.2. The van der Waals surface area contributed by atoms with Crippen molar-refractivity contribution in [3.05, 3.63) is 22.4 Å². The fraction of sp³-hybridized carbons (Fsp3) is 0.500. The van der Waals surface area contributed by atoms with Gasteiger partial charge in [-0.3, -0.25) is 0 Å². The largest absolute Gasteiger partial charge is 0.389 e. The lowest BCUT2D eigenvalue weighted by atomic mass is 10.5. The van der Waals surface area contributed by atoms with E-state index in [0.29, 0.717) is 6.54 Å². The summed E-state index contributed by atoms with van der Waals surface area (Å²) < 4.78 is 6.48. The maximum Gasteiger partial charge on any atom is 0.389 e. The molecule has 0 amide bonds. The number of rotatable bonds is 3. The van der Waals surface area contributed by atoms with Crippen LogP contribution in [0.25, 0.3) is 0 Å². The average Bonchev–Trinajstić information content (AvgIpc) is 2.66. The lowest BCUT2D eigenvalue weighted by Crippen LogP contribution is -2.04. The summed E-state index contributed by atoms with van der Waals surface area (Å²) in [5.41, 5.74) is 0. The second-order valence-corrected chi connectivity index (χ2v) is 2.61. The van der Waals surface area contributed by atoms with Crippen molar-refractivity contribution in [3.8, 4) is 0 Å². The highest BCUT2D eigenvalue weighted by molar-refractivity contribution is 5.14. The fourth-order valence-corrected chi connectivity index (χ4v) is 0.932. The SMILES string of the molecule is O=[N+]([O-])c1ccn(CC2CO2)n1. The molecule has 0 N–H and O–H groups in total. The molecule has 0 aliphatic carbocycles. The fourth-order valence-electron chi connectivity index (χ4n) is 0.932. The normalized spacial score (nSPS) is 20.8. The van der Waals surface area contributed by atoms with Crippen molar-refractivity contribution in [2.24, 2.45) is 0 Å². The predicted molar refractivity (Wildman–Crippen MR) is 38.6 cm³/mol. The van der Waals surface area contributed by atoms with Gasteiger partial charge in [-0.25, -0.2) is 0 Å². The van der Waals surface area contributed by atoms with Gasteiger partial charge in [0.05, 0.1) is 30.5 Å². The number of hydrogen-bond acceptors (Lipinski definition) is 4. The summed E-state index contributed by atoms with van der Waals surface area (Å²) in [6, 6.07) is 1.38. The van der Waals surface area contributed by atoms with Gasteiger partial charge in [-0.05, 0) is 4.92 Å². The van der Waals surface area contributed by atoms with Gasteiger partial charge in [-0.1, -0.05) is 0 Å². The van der Waals surface area contributed by atoms with Gasteiger partial charge in [0, 0.05) is 0 Å². The second kappa shape index (κ2) is 2.56. The highest BCUT2D eigenvalue weighted by atomic mass is 16.6. The summed E-state index contributed by atoms with van der Waals surface area (Å²) in [7, 11) is 0. The molecule has 12 heavy (non-hydrogen) atoms. The number of epoxide rings is 1. The molecule has 1 aliphatic heterocycles. The molecule has 0 saturated carbocycles. The Morgan fingerprint density at radius 2 is 2.67 bits per heavy atom. The molecule has 1 saturated heterocycles. The van der Waals surface area contributed by atoms with Gasteiger partial charge in [0.2, 0.25) is 0 Å². The van der Waals surface area contributed by atoms with Gasteiger partial charge in [0.25, 0.3) is 0 Å². The van der Waals surface area contributed by atoms with E-state index in [-0.39, 0.29) is 11.9 Å². The molecule has 6 nitrogen and oxygen atoms in total. The molecule has 1 unspecified atom stereocenters. The first-order chi connectivity index (χ1) is 5.75. The van der Waals surface area contributed by atoms with Crippen LogP contribution in [0.4, 0.5) is 5.82 Å². The molecule has 1 aromatic heterocycles. The van der Waals surface area contributed by atoms with Gasteiger partial charge >= 0.3 is 5.82 Å². The quantitative estimate of drug-likeness (QED) is 0.367. The van der Waals surface area contributed by atoms with Crippen molar-refractivity contribution in [2.75, 3.05) is 6.61 Å². The van der Waals surface area contributed by atoms with Gasteiger partial charge < -0.3 is 14.9 Å². The van der Waals surface area contributed by atoms with E-state index < -0.39 is 4.92 Å². The van der Waals surface area contributed by atoms with Crippen LogP contribution in [0.5, 0.6) is 0 Å². The Morgan fingerprint density at radius 3 is 3.17 bits per heavy atom. The van der Waals surface area contributed by atoms with Gasteiger partial charge in [-0.15, -0.1) is 0 Å². The second-order valence-electron chi connectivity index (χ2n) is 2.61. The van der Waals surface area contributed by atoms with Crippen LogP contribution in [-0.2, 0) is 11.3 Å². The zero-order valence-corrected chi connectivity index (χ0v) is 6.21. The Hall–Kier alpha value is -1.43. The third-order valence-corrected chi connectivity index (χ3v) is 1.61. The van der Waals surface area contributed by atoms with E-state index in [4.69, 9.17) is 4.74 Å². The van der Waals surface area contributed by atoms with Crippen LogP contribution in [0.1, 0.15) is 0 Å². The molecule has 2 rings (SSSR count). The Bertz CT molecular complexity index is 305. The monoisotopic (exact) mass is 169 g/mol. The van der Waals surface area contributed by atoms with Crippen LogP contribution in [-0.4, -0.2) is 27.4 Å². The molecule has 0 aromatic carbocycles. The Morgan fingerprint density at radius 1 is 1.92 bits per heavy atom. The first-order valence-corrected chi connectivity index (χ1v) is 3.55. The van der Waals surface area contributed by atoms with Crippen LogP contribution in [0, 0.1) is 10.1 Å². The smallest absolute Gasteiger partial charge is 0.371 e. The topological polar surface area (TPSA) is 73.5 Å². The first-order valence-electron chi connectivity index (χ1n) is 3.55. The van der Waals surface area contributed by atoms with Crippen molar-refractivity contribution in [1.29, 1.82) is 0 Å². The number of aromatic nitrogens is 2. The van der Waals surface area contributed by atoms with Crippen molar-refractivity contribution in [2.45, 2.75) is 12.6 Å². The number of hydrogen-bond donors (Lipinski definition) is 0. The molecule has 1 atom stereocenters. The summed E-state index contributed by atoms with van der Waals surface area (Å²) in [5.74, 6) is -0.115. The highest BCUT2D eigenvalue weighted by Crippen LogP contribution is 2.12. The van der Waals surface area contributed by atoms with Gasteiger partial charge in [-0.2, -0.15) is 4.68 Å². The van der Waals surface area contributed by atoms with Crippen LogP contribution in [0.15, 0.2) is 12.3 Å². The minimum absolute atomic E-state index is 0.115. The van der Waals surface area contributed by atoms with Gasteiger partial charge in [0.15, 0.2) is 0 Å². The summed E-state index contributed by atoms with van der Waals surface area (Å²) in [6.07, 6.45) is 1.78. The van der Waals surface area contributed by atoms with Crippen LogP contribution in [0.3, 0.4) is 0 Å². The molecule has 1 aliphatic rings. The van der Waals surface area contributed by atoms with E-state index in [1.54, 1.807) is 6.20 Å². The molecule has 0 spiro atoms. The van der Waals surface area contributed by atoms with Crippen molar-refractivity contribution in [3.63, 3.8) is 0 Å². The predicted octanol–water partition coefficient (Wildman–Crippen LogP) is 0.190. The van der Waals surface area contributed by atoms with E-state index in [0.717, 1.165) is 6.61 Å². The molecule has 64 valence electrons. The van der Waals surface area contributed by atoms with E-state index in [1.165, 1.54) is 10.7 Å². The first kappa shape index (κ1) is 7.23. The number of ether oxygens (including phenoxy) is 1. The van der Waals surface area contributed by atoms with E-state index in [9.17, 15) is 10.1 Å². The van der Waals surface area contributed by atoms with Crippen molar-refractivity contribution >= 4 is 5.82 Å². The summed E-state index contributed by atoms with van der Waals surface area (Å²) in [6.45, 7) is 1.33. The van der Waals surface area contributed by atoms with Crippen molar-refractivity contribution < 1.29 is 9.66 Å². The third kappa shape index (κ3) is 1.42. The average molecular weight is 169 g/mol. The summed E-state index contributed by atoms with van der Waals surface area (Å²) in [5, 5.41) is 13.9. The van der Waals surface area contributed by atoms with E-state index in [1.807, 2.05) is 0 Å². The van der Waals surface area contributed by atoms with E-state index in [2.05, 4.69) is 5.10 Å². The molecule has 2 heterocycles.